The van der Waals surface area contributed by atoms with Gasteiger partial charge < -0.3 is 5.11 Å². The average molecular weight is 379 g/mol. The fraction of sp³-hybridized carbons (Fsp3) is 0. The number of phenolic OH excluding ortho intramolecular Hbond substituents is 1. The highest BCUT2D eigenvalue weighted by Crippen LogP contribution is 2.27. The quantitative estimate of drug-likeness (QED) is 0.591. The molecule has 19 heavy (non-hydrogen) atoms. The first-order valence-electron chi connectivity index (χ1n) is 5.46. The summed E-state index contributed by atoms with van der Waals surface area (Å²) in [5.41, 5.74) is 2.28. The number of benzene rings is 2. The summed E-state index contributed by atoms with van der Waals surface area (Å²) in [4.78, 5) is 0. The van der Waals surface area contributed by atoms with E-state index >= 15 is 0 Å². The summed E-state index contributed by atoms with van der Waals surface area (Å²) in [6, 6.07) is 14.9. The maximum Gasteiger partial charge on any atom is 0.129 e. The van der Waals surface area contributed by atoms with Crippen molar-refractivity contribution in [1.29, 1.82) is 5.26 Å². The molecule has 0 heterocycles. The molecule has 2 aromatic carbocycles. The Kier molecular flexibility index (Phi) is 4.41. The predicted octanol–water partition coefficient (Wildman–Crippen LogP) is 4.98. The van der Waals surface area contributed by atoms with Gasteiger partial charge in [0.2, 0.25) is 0 Å². The molecule has 0 saturated heterocycles. The molecule has 0 bridgehead atoms. The number of hydrogen-bond donors (Lipinski definition) is 1. The molecule has 0 fully saturated rings. The largest absolute Gasteiger partial charge is 0.507 e. The van der Waals surface area contributed by atoms with Crippen LogP contribution < -0.4 is 0 Å². The molecule has 1 N–H and O–H groups in total. The van der Waals surface area contributed by atoms with Crippen molar-refractivity contribution in [3.63, 3.8) is 0 Å². The van der Waals surface area contributed by atoms with E-state index in [0.29, 0.717) is 10.0 Å². The average Bonchev–Trinajstić information content (AvgIpc) is 2.41. The van der Waals surface area contributed by atoms with Crippen molar-refractivity contribution >= 4 is 43.5 Å². The van der Waals surface area contributed by atoms with Gasteiger partial charge in [-0.3, -0.25) is 0 Å². The Bertz CT molecular complexity index is 670. The second kappa shape index (κ2) is 6.05. The lowest BCUT2D eigenvalue weighted by atomic mass is 10.0. The van der Waals surface area contributed by atoms with Crippen LogP contribution in [0.3, 0.4) is 0 Å². The number of rotatable bonds is 2. The molecule has 0 aliphatic carbocycles. The van der Waals surface area contributed by atoms with E-state index in [9.17, 15) is 10.4 Å². The molecule has 0 atom stereocenters. The SMILES string of the molecule is N#C/C(=C/c1ccc(O)c(Br)c1)c1ccc(Br)cc1. The van der Waals surface area contributed by atoms with Gasteiger partial charge in [-0.1, -0.05) is 34.1 Å². The van der Waals surface area contributed by atoms with Crippen molar-refractivity contribution < 1.29 is 5.11 Å². The summed E-state index contributed by atoms with van der Waals surface area (Å²) in [5.74, 6) is 0.180. The van der Waals surface area contributed by atoms with Crippen molar-refractivity contribution in [2.75, 3.05) is 0 Å². The van der Waals surface area contributed by atoms with E-state index in [-0.39, 0.29) is 5.75 Å². The summed E-state index contributed by atoms with van der Waals surface area (Å²) >= 11 is 6.62. The number of nitrogens with zero attached hydrogens (tertiary/aromatic N) is 1. The molecule has 0 aromatic heterocycles. The Morgan fingerprint density at radius 3 is 2.37 bits per heavy atom. The molecule has 2 aromatic rings. The topological polar surface area (TPSA) is 44.0 Å². The maximum atomic E-state index is 9.44. The van der Waals surface area contributed by atoms with Crippen molar-refractivity contribution in [1.82, 2.24) is 0 Å². The number of halogens is 2. The summed E-state index contributed by atoms with van der Waals surface area (Å²) < 4.78 is 1.58. The molecule has 0 unspecified atom stereocenters. The summed E-state index contributed by atoms with van der Waals surface area (Å²) in [6.07, 6.45) is 1.79. The van der Waals surface area contributed by atoms with Gasteiger partial charge in [0.15, 0.2) is 0 Å². The van der Waals surface area contributed by atoms with Gasteiger partial charge in [-0.15, -0.1) is 0 Å². The van der Waals surface area contributed by atoms with E-state index in [0.717, 1.165) is 15.6 Å². The second-order valence-electron chi connectivity index (χ2n) is 3.89. The highest BCUT2D eigenvalue weighted by Gasteiger charge is 2.03. The van der Waals surface area contributed by atoms with Crippen LogP contribution in [0, 0.1) is 11.3 Å². The first kappa shape index (κ1) is 13.9. The van der Waals surface area contributed by atoms with Gasteiger partial charge in [0.25, 0.3) is 0 Å². The van der Waals surface area contributed by atoms with E-state index in [1.807, 2.05) is 24.3 Å². The monoisotopic (exact) mass is 377 g/mol. The molecule has 0 aliphatic rings. The van der Waals surface area contributed by atoms with Crippen LogP contribution in [-0.2, 0) is 0 Å². The van der Waals surface area contributed by atoms with Gasteiger partial charge in [-0.25, -0.2) is 0 Å². The molecule has 2 nitrogen and oxygen atoms in total. The zero-order chi connectivity index (χ0) is 13.8. The van der Waals surface area contributed by atoms with E-state index in [2.05, 4.69) is 37.9 Å². The van der Waals surface area contributed by atoms with Crippen LogP contribution in [-0.4, -0.2) is 5.11 Å². The van der Waals surface area contributed by atoms with Gasteiger partial charge >= 0.3 is 0 Å². The molecule has 2 rings (SSSR count). The van der Waals surface area contributed by atoms with Gasteiger partial charge in [0.1, 0.15) is 5.75 Å². The summed E-state index contributed by atoms with van der Waals surface area (Å²) in [7, 11) is 0. The number of allylic oxidation sites excluding steroid dienone is 1. The minimum atomic E-state index is 0.180. The zero-order valence-corrected chi connectivity index (χ0v) is 12.9. The van der Waals surface area contributed by atoms with Crippen LogP contribution in [0.15, 0.2) is 51.4 Å². The predicted molar refractivity (Wildman–Crippen MR) is 83.4 cm³/mol. The Labute approximate surface area is 128 Å². The second-order valence-corrected chi connectivity index (χ2v) is 5.66. The highest BCUT2D eigenvalue weighted by atomic mass is 79.9. The van der Waals surface area contributed by atoms with Crippen molar-refractivity contribution in [2.24, 2.45) is 0 Å². The molecule has 0 amide bonds. The van der Waals surface area contributed by atoms with Crippen LogP contribution in [0.4, 0.5) is 0 Å². The van der Waals surface area contributed by atoms with Crippen LogP contribution in [0.25, 0.3) is 11.6 Å². The van der Waals surface area contributed by atoms with Gasteiger partial charge in [0.05, 0.1) is 16.1 Å². The zero-order valence-electron chi connectivity index (χ0n) is 9.77. The smallest absolute Gasteiger partial charge is 0.129 e. The van der Waals surface area contributed by atoms with Crippen LogP contribution in [0.2, 0.25) is 0 Å². The lowest BCUT2D eigenvalue weighted by Gasteiger charge is -2.02. The first-order valence-corrected chi connectivity index (χ1v) is 7.05. The third-order valence-electron chi connectivity index (χ3n) is 2.56. The molecule has 0 saturated carbocycles. The third-order valence-corrected chi connectivity index (χ3v) is 3.72. The lowest BCUT2D eigenvalue weighted by molar-refractivity contribution is 0.472. The van der Waals surface area contributed by atoms with Crippen molar-refractivity contribution in [3.8, 4) is 11.8 Å². The molecular weight excluding hydrogens is 370 g/mol. The molecule has 94 valence electrons. The number of aromatic hydroxyl groups is 1. The van der Waals surface area contributed by atoms with Crippen LogP contribution >= 0.6 is 31.9 Å². The van der Waals surface area contributed by atoms with Gasteiger partial charge in [-0.2, -0.15) is 5.26 Å². The Morgan fingerprint density at radius 1 is 1.11 bits per heavy atom. The van der Waals surface area contributed by atoms with Gasteiger partial charge in [0, 0.05) is 4.47 Å². The lowest BCUT2D eigenvalue weighted by Crippen LogP contribution is -1.82. The standard InChI is InChI=1S/C15H9Br2NO/c16-13-4-2-11(3-5-13)12(9-18)7-10-1-6-15(19)14(17)8-10/h1-8,19H/b12-7-. The minimum absolute atomic E-state index is 0.180. The van der Waals surface area contributed by atoms with Crippen molar-refractivity contribution in [2.45, 2.75) is 0 Å². The van der Waals surface area contributed by atoms with E-state index < -0.39 is 0 Å². The first-order chi connectivity index (χ1) is 9.10. The van der Waals surface area contributed by atoms with E-state index in [1.165, 1.54) is 0 Å². The van der Waals surface area contributed by atoms with Crippen molar-refractivity contribution in [3.05, 3.63) is 62.5 Å². The molecule has 0 spiro atoms. The molecule has 4 heteroatoms. The fourth-order valence-corrected chi connectivity index (χ4v) is 2.25. The van der Waals surface area contributed by atoms with Gasteiger partial charge in [-0.05, 0) is 57.4 Å². The molecular formula is C15H9Br2NO. The number of phenols is 1. The number of nitriles is 1. The third kappa shape index (κ3) is 3.46. The normalized spacial score (nSPS) is 11.1. The Balaban J connectivity index is 2.41. The maximum absolute atomic E-state index is 9.44. The Hall–Kier alpha value is -1.57. The Morgan fingerprint density at radius 2 is 1.79 bits per heavy atom. The molecule has 0 radical (unpaired) electrons. The van der Waals surface area contributed by atoms with E-state index in [1.54, 1.807) is 24.3 Å². The highest BCUT2D eigenvalue weighted by molar-refractivity contribution is 9.10. The molecule has 0 aliphatic heterocycles. The van der Waals surface area contributed by atoms with E-state index in [4.69, 9.17) is 0 Å². The fourth-order valence-electron chi connectivity index (χ4n) is 1.59. The van der Waals surface area contributed by atoms with Crippen LogP contribution in [0.1, 0.15) is 11.1 Å². The number of hydrogen-bond acceptors (Lipinski definition) is 2. The summed E-state index contributed by atoms with van der Waals surface area (Å²) in [5, 5.41) is 18.7. The van der Waals surface area contributed by atoms with Crippen LogP contribution in [0.5, 0.6) is 5.75 Å². The minimum Gasteiger partial charge on any atom is -0.507 e. The summed E-state index contributed by atoms with van der Waals surface area (Å²) in [6.45, 7) is 0.